The summed E-state index contributed by atoms with van der Waals surface area (Å²) in [7, 11) is 1.50. The van der Waals surface area contributed by atoms with E-state index < -0.39 is 0 Å². The Hall–Kier alpha value is -1.37. The zero-order valence-corrected chi connectivity index (χ0v) is 10.8. The summed E-state index contributed by atoms with van der Waals surface area (Å²) in [4.78, 5) is 0. The van der Waals surface area contributed by atoms with Gasteiger partial charge < -0.3 is 15.2 Å². The summed E-state index contributed by atoms with van der Waals surface area (Å²) < 4.78 is 5.03. The number of rotatable bonds is 5. The van der Waals surface area contributed by atoms with Crippen molar-refractivity contribution in [1.82, 2.24) is 5.32 Å². The molecule has 0 amide bonds. The van der Waals surface area contributed by atoms with Gasteiger partial charge in [0.05, 0.1) is 7.11 Å². The van der Waals surface area contributed by atoms with Gasteiger partial charge in [-0.3, -0.25) is 0 Å². The first kappa shape index (κ1) is 13.7. The maximum atomic E-state index is 9.86. The standard InChI is InChI=1S/C13H16ClNO2/c1-3-4-5-6-15-9-10-7-11(14)8-12(17-2)13(10)16/h7-8,15-16H,5-6,9H2,1-2H3. The summed E-state index contributed by atoms with van der Waals surface area (Å²) in [5, 5.41) is 13.6. The van der Waals surface area contributed by atoms with E-state index in [-0.39, 0.29) is 5.75 Å². The van der Waals surface area contributed by atoms with E-state index in [4.69, 9.17) is 16.3 Å². The number of halogens is 1. The second kappa shape index (κ2) is 7.05. The number of hydrogen-bond donors (Lipinski definition) is 2. The van der Waals surface area contributed by atoms with Gasteiger partial charge in [-0.25, -0.2) is 0 Å². The molecule has 0 aliphatic rings. The Bertz CT molecular complexity index is 435. The van der Waals surface area contributed by atoms with E-state index in [1.807, 2.05) is 6.92 Å². The lowest BCUT2D eigenvalue weighted by molar-refractivity contribution is 0.370. The number of ether oxygens (including phenoxy) is 1. The van der Waals surface area contributed by atoms with Gasteiger partial charge in [0.1, 0.15) is 0 Å². The van der Waals surface area contributed by atoms with Crippen molar-refractivity contribution in [2.75, 3.05) is 13.7 Å². The second-order valence-electron chi connectivity index (χ2n) is 3.47. The Kier molecular flexibility index (Phi) is 5.68. The number of phenolic OH excluding ortho intramolecular Hbond substituents is 1. The van der Waals surface area contributed by atoms with E-state index in [9.17, 15) is 5.11 Å². The summed E-state index contributed by atoms with van der Waals surface area (Å²) in [6, 6.07) is 3.31. The predicted octanol–water partition coefficient (Wildman–Crippen LogP) is 2.56. The van der Waals surface area contributed by atoms with E-state index >= 15 is 0 Å². The molecule has 0 aromatic heterocycles. The van der Waals surface area contributed by atoms with Crippen LogP contribution in [0.3, 0.4) is 0 Å². The number of benzene rings is 1. The first-order chi connectivity index (χ1) is 8.19. The zero-order valence-electron chi connectivity index (χ0n) is 10.0. The van der Waals surface area contributed by atoms with Gasteiger partial charge in [-0.05, 0) is 13.0 Å². The lowest BCUT2D eigenvalue weighted by Crippen LogP contribution is -2.14. The molecular weight excluding hydrogens is 238 g/mol. The summed E-state index contributed by atoms with van der Waals surface area (Å²) in [5.41, 5.74) is 0.721. The lowest BCUT2D eigenvalue weighted by Gasteiger charge is -2.10. The van der Waals surface area contributed by atoms with Crippen LogP contribution in [0.2, 0.25) is 5.02 Å². The Balaban J connectivity index is 2.63. The monoisotopic (exact) mass is 253 g/mol. The van der Waals surface area contributed by atoms with Gasteiger partial charge in [-0.2, -0.15) is 0 Å². The maximum Gasteiger partial charge on any atom is 0.162 e. The largest absolute Gasteiger partial charge is 0.504 e. The molecule has 0 radical (unpaired) electrons. The Morgan fingerprint density at radius 1 is 1.47 bits per heavy atom. The minimum atomic E-state index is 0.131. The fourth-order valence-corrected chi connectivity index (χ4v) is 1.65. The van der Waals surface area contributed by atoms with Crippen molar-refractivity contribution in [2.45, 2.75) is 19.9 Å². The van der Waals surface area contributed by atoms with Gasteiger partial charge in [0.2, 0.25) is 0 Å². The predicted molar refractivity (Wildman–Crippen MR) is 69.4 cm³/mol. The third-order valence-corrected chi connectivity index (χ3v) is 2.48. The van der Waals surface area contributed by atoms with Gasteiger partial charge in [0.25, 0.3) is 0 Å². The van der Waals surface area contributed by atoms with E-state index in [0.717, 1.165) is 18.5 Å². The number of aromatic hydroxyl groups is 1. The van der Waals surface area contributed by atoms with Crippen LogP contribution >= 0.6 is 11.6 Å². The van der Waals surface area contributed by atoms with Crippen LogP contribution in [-0.4, -0.2) is 18.8 Å². The minimum absolute atomic E-state index is 0.131. The van der Waals surface area contributed by atoms with E-state index in [0.29, 0.717) is 17.3 Å². The lowest BCUT2D eigenvalue weighted by atomic mass is 10.2. The van der Waals surface area contributed by atoms with Crippen molar-refractivity contribution in [3.8, 4) is 23.3 Å². The van der Waals surface area contributed by atoms with Crippen LogP contribution in [-0.2, 0) is 6.54 Å². The van der Waals surface area contributed by atoms with Crippen LogP contribution < -0.4 is 10.1 Å². The van der Waals surface area contributed by atoms with Crippen molar-refractivity contribution in [3.05, 3.63) is 22.7 Å². The molecule has 0 aliphatic heterocycles. The summed E-state index contributed by atoms with van der Waals surface area (Å²) >= 11 is 5.92. The Morgan fingerprint density at radius 2 is 2.24 bits per heavy atom. The second-order valence-corrected chi connectivity index (χ2v) is 3.91. The number of phenols is 1. The molecule has 0 aliphatic carbocycles. The minimum Gasteiger partial charge on any atom is -0.504 e. The van der Waals surface area contributed by atoms with E-state index in [1.54, 1.807) is 12.1 Å². The molecule has 0 heterocycles. The van der Waals surface area contributed by atoms with Crippen LogP contribution in [0.5, 0.6) is 11.5 Å². The molecule has 0 atom stereocenters. The smallest absolute Gasteiger partial charge is 0.162 e. The van der Waals surface area contributed by atoms with Gasteiger partial charge in [0, 0.05) is 36.2 Å². The maximum absolute atomic E-state index is 9.86. The molecule has 0 saturated carbocycles. The molecule has 0 unspecified atom stereocenters. The first-order valence-electron chi connectivity index (χ1n) is 5.34. The molecular formula is C13H16ClNO2. The molecule has 1 aromatic rings. The molecule has 92 valence electrons. The molecule has 0 bridgehead atoms. The fourth-order valence-electron chi connectivity index (χ4n) is 1.42. The normalized spacial score (nSPS) is 9.59. The summed E-state index contributed by atoms with van der Waals surface area (Å²) in [5.74, 6) is 6.30. The Labute approximate surface area is 107 Å². The van der Waals surface area contributed by atoms with Crippen LogP contribution in [0.1, 0.15) is 18.9 Å². The molecule has 1 rings (SSSR count). The third kappa shape index (κ3) is 4.18. The fraction of sp³-hybridized carbons (Fsp3) is 0.385. The highest BCUT2D eigenvalue weighted by atomic mass is 35.5. The first-order valence-corrected chi connectivity index (χ1v) is 5.72. The van der Waals surface area contributed by atoms with Crippen LogP contribution in [0, 0.1) is 11.8 Å². The third-order valence-electron chi connectivity index (χ3n) is 2.26. The van der Waals surface area contributed by atoms with Crippen molar-refractivity contribution >= 4 is 11.6 Å². The average Bonchev–Trinajstić information content (AvgIpc) is 2.32. The van der Waals surface area contributed by atoms with E-state index in [2.05, 4.69) is 17.2 Å². The quantitative estimate of drug-likeness (QED) is 0.626. The molecule has 0 saturated heterocycles. The number of methoxy groups -OCH3 is 1. The summed E-state index contributed by atoms with van der Waals surface area (Å²) in [6.07, 6.45) is 0.787. The van der Waals surface area contributed by atoms with Crippen molar-refractivity contribution in [2.24, 2.45) is 0 Å². The van der Waals surface area contributed by atoms with Gasteiger partial charge in [-0.1, -0.05) is 11.6 Å². The number of nitrogens with one attached hydrogen (secondary N) is 1. The molecule has 0 spiro atoms. The van der Waals surface area contributed by atoms with Crippen LogP contribution in [0.15, 0.2) is 12.1 Å². The van der Waals surface area contributed by atoms with Crippen molar-refractivity contribution < 1.29 is 9.84 Å². The molecule has 3 nitrogen and oxygen atoms in total. The van der Waals surface area contributed by atoms with Crippen molar-refractivity contribution in [1.29, 1.82) is 0 Å². The van der Waals surface area contributed by atoms with E-state index in [1.165, 1.54) is 7.11 Å². The zero-order chi connectivity index (χ0) is 12.7. The van der Waals surface area contributed by atoms with Crippen LogP contribution in [0.4, 0.5) is 0 Å². The SMILES string of the molecule is CC#CCCNCc1cc(Cl)cc(OC)c1O. The molecule has 1 aromatic carbocycles. The van der Waals surface area contributed by atoms with Crippen LogP contribution in [0.25, 0.3) is 0 Å². The number of hydrogen-bond acceptors (Lipinski definition) is 3. The highest BCUT2D eigenvalue weighted by Gasteiger charge is 2.09. The van der Waals surface area contributed by atoms with Gasteiger partial charge in [-0.15, -0.1) is 11.8 Å². The highest BCUT2D eigenvalue weighted by Crippen LogP contribution is 2.33. The van der Waals surface area contributed by atoms with Gasteiger partial charge in [0.15, 0.2) is 11.5 Å². The molecule has 2 N–H and O–H groups in total. The highest BCUT2D eigenvalue weighted by molar-refractivity contribution is 6.30. The average molecular weight is 254 g/mol. The summed E-state index contributed by atoms with van der Waals surface area (Å²) in [6.45, 7) is 3.12. The van der Waals surface area contributed by atoms with Gasteiger partial charge >= 0.3 is 0 Å². The van der Waals surface area contributed by atoms with Crippen molar-refractivity contribution in [3.63, 3.8) is 0 Å². The molecule has 17 heavy (non-hydrogen) atoms. The molecule has 0 fully saturated rings. The topological polar surface area (TPSA) is 41.5 Å². The molecule has 4 heteroatoms. The Morgan fingerprint density at radius 3 is 2.88 bits per heavy atom.